The van der Waals surface area contributed by atoms with E-state index in [1.807, 2.05) is 36.4 Å². The number of hydrogen-bond donors (Lipinski definition) is 1. The highest BCUT2D eigenvalue weighted by Gasteiger charge is 2.20. The van der Waals surface area contributed by atoms with Crippen LogP contribution in [0.25, 0.3) is 0 Å². The Morgan fingerprint density at radius 1 is 1.17 bits per heavy atom. The van der Waals surface area contributed by atoms with Crippen LogP contribution in [0.3, 0.4) is 0 Å². The highest BCUT2D eigenvalue weighted by molar-refractivity contribution is 9.10. The summed E-state index contributed by atoms with van der Waals surface area (Å²) >= 11 is 3.38. The summed E-state index contributed by atoms with van der Waals surface area (Å²) in [6.45, 7) is 0.739. The standard InChI is InChI=1S/C14H13BrN2O/c15-13-6-3-7-14(17-13)16-11-8-9-18-12-5-2-1-4-10(11)12/h1-7,11H,8-9H2,(H,16,17). The van der Waals surface area contributed by atoms with E-state index in [0.29, 0.717) is 0 Å². The van der Waals surface area contributed by atoms with Crippen molar-refractivity contribution in [3.63, 3.8) is 0 Å². The van der Waals surface area contributed by atoms with Crippen molar-refractivity contribution in [3.8, 4) is 5.75 Å². The van der Waals surface area contributed by atoms with Crippen LogP contribution in [0, 0.1) is 0 Å². The van der Waals surface area contributed by atoms with Crippen molar-refractivity contribution >= 4 is 21.7 Å². The summed E-state index contributed by atoms with van der Waals surface area (Å²) in [6, 6.07) is 14.3. The molecule has 0 bridgehead atoms. The van der Waals surface area contributed by atoms with Crippen LogP contribution >= 0.6 is 15.9 Å². The van der Waals surface area contributed by atoms with Crippen LogP contribution in [0.2, 0.25) is 0 Å². The molecule has 1 unspecified atom stereocenters. The van der Waals surface area contributed by atoms with Gasteiger partial charge >= 0.3 is 0 Å². The van der Waals surface area contributed by atoms with E-state index in [4.69, 9.17) is 4.74 Å². The van der Waals surface area contributed by atoms with Crippen molar-refractivity contribution in [2.24, 2.45) is 0 Å². The Morgan fingerprint density at radius 3 is 2.94 bits per heavy atom. The molecule has 1 aromatic carbocycles. The van der Waals surface area contributed by atoms with Gasteiger partial charge in [0.1, 0.15) is 16.2 Å². The second-order valence-corrected chi connectivity index (χ2v) is 5.03. The lowest BCUT2D eigenvalue weighted by Crippen LogP contribution is -2.20. The van der Waals surface area contributed by atoms with Gasteiger partial charge in [-0.3, -0.25) is 0 Å². The maximum Gasteiger partial charge on any atom is 0.127 e. The minimum atomic E-state index is 0.261. The van der Waals surface area contributed by atoms with Gasteiger partial charge < -0.3 is 10.1 Å². The van der Waals surface area contributed by atoms with Gasteiger partial charge in [-0.2, -0.15) is 0 Å². The smallest absolute Gasteiger partial charge is 0.127 e. The first-order valence-electron chi connectivity index (χ1n) is 5.94. The van der Waals surface area contributed by atoms with Gasteiger partial charge in [0.25, 0.3) is 0 Å². The van der Waals surface area contributed by atoms with E-state index in [1.54, 1.807) is 0 Å². The summed E-state index contributed by atoms with van der Waals surface area (Å²) in [7, 11) is 0. The number of anilines is 1. The number of para-hydroxylation sites is 1. The van der Waals surface area contributed by atoms with Crippen LogP contribution in [0.5, 0.6) is 5.75 Å². The molecule has 2 aromatic rings. The molecule has 1 N–H and O–H groups in total. The summed E-state index contributed by atoms with van der Waals surface area (Å²) in [6.07, 6.45) is 0.950. The van der Waals surface area contributed by atoms with Crippen LogP contribution in [0.15, 0.2) is 47.1 Å². The Balaban J connectivity index is 1.86. The SMILES string of the molecule is Brc1cccc(NC2CCOc3ccccc32)n1. The fraction of sp³-hybridized carbons (Fsp3) is 0.214. The quantitative estimate of drug-likeness (QED) is 0.857. The van der Waals surface area contributed by atoms with Gasteiger partial charge in [0.05, 0.1) is 12.6 Å². The van der Waals surface area contributed by atoms with Gasteiger partial charge in [-0.15, -0.1) is 0 Å². The van der Waals surface area contributed by atoms with Crippen LogP contribution in [-0.2, 0) is 0 Å². The molecule has 0 aliphatic carbocycles. The first-order valence-corrected chi connectivity index (χ1v) is 6.73. The van der Waals surface area contributed by atoms with Crippen molar-refractivity contribution in [1.82, 2.24) is 4.98 Å². The number of pyridine rings is 1. The number of rotatable bonds is 2. The molecular weight excluding hydrogens is 292 g/mol. The fourth-order valence-electron chi connectivity index (χ4n) is 2.16. The molecule has 4 heteroatoms. The maximum absolute atomic E-state index is 5.65. The van der Waals surface area contributed by atoms with Crippen LogP contribution in [-0.4, -0.2) is 11.6 Å². The molecule has 1 aromatic heterocycles. The molecule has 0 saturated heterocycles. The molecule has 1 atom stereocenters. The fourth-order valence-corrected chi connectivity index (χ4v) is 2.50. The van der Waals surface area contributed by atoms with E-state index in [-0.39, 0.29) is 6.04 Å². The van der Waals surface area contributed by atoms with Crippen LogP contribution in [0.4, 0.5) is 5.82 Å². The first kappa shape index (κ1) is 11.5. The number of nitrogens with zero attached hydrogens (tertiary/aromatic N) is 1. The van der Waals surface area contributed by atoms with E-state index < -0.39 is 0 Å². The average Bonchev–Trinajstić information content (AvgIpc) is 2.39. The molecule has 0 radical (unpaired) electrons. The van der Waals surface area contributed by atoms with Crippen LogP contribution < -0.4 is 10.1 Å². The highest BCUT2D eigenvalue weighted by Crippen LogP contribution is 2.33. The van der Waals surface area contributed by atoms with E-state index >= 15 is 0 Å². The summed E-state index contributed by atoms with van der Waals surface area (Å²) < 4.78 is 6.49. The Morgan fingerprint density at radius 2 is 2.06 bits per heavy atom. The van der Waals surface area contributed by atoms with Crippen molar-refractivity contribution < 1.29 is 4.74 Å². The van der Waals surface area contributed by atoms with E-state index in [9.17, 15) is 0 Å². The van der Waals surface area contributed by atoms with Gasteiger partial charge in [0.2, 0.25) is 0 Å². The summed E-state index contributed by atoms with van der Waals surface area (Å²) in [5.74, 6) is 1.85. The maximum atomic E-state index is 5.65. The van der Waals surface area contributed by atoms with Gasteiger partial charge in [-0.05, 0) is 34.1 Å². The second-order valence-electron chi connectivity index (χ2n) is 4.22. The van der Waals surface area contributed by atoms with Gasteiger partial charge in [0, 0.05) is 12.0 Å². The van der Waals surface area contributed by atoms with Crippen molar-refractivity contribution in [3.05, 3.63) is 52.6 Å². The zero-order valence-electron chi connectivity index (χ0n) is 9.77. The number of halogens is 1. The zero-order chi connectivity index (χ0) is 12.4. The molecule has 0 spiro atoms. The minimum absolute atomic E-state index is 0.261. The largest absolute Gasteiger partial charge is 0.493 e. The number of ether oxygens (including phenoxy) is 1. The Hall–Kier alpha value is -1.55. The third kappa shape index (κ3) is 2.34. The summed E-state index contributed by atoms with van der Waals surface area (Å²) in [4.78, 5) is 4.40. The minimum Gasteiger partial charge on any atom is -0.493 e. The number of aromatic nitrogens is 1. The lowest BCUT2D eigenvalue weighted by Gasteiger charge is -2.27. The van der Waals surface area contributed by atoms with Crippen molar-refractivity contribution in [1.29, 1.82) is 0 Å². The first-order chi connectivity index (χ1) is 8.83. The molecule has 0 fully saturated rings. The molecule has 0 amide bonds. The van der Waals surface area contributed by atoms with Crippen molar-refractivity contribution in [2.75, 3.05) is 11.9 Å². The Kier molecular flexibility index (Phi) is 3.19. The van der Waals surface area contributed by atoms with Gasteiger partial charge in [-0.25, -0.2) is 4.98 Å². The molecule has 1 aliphatic rings. The predicted molar refractivity (Wildman–Crippen MR) is 74.9 cm³/mol. The number of nitrogens with one attached hydrogen (secondary N) is 1. The number of benzene rings is 1. The summed E-state index contributed by atoms with van der Waals surface area (Å²) in [5.41, 5.74) is 1.20. The molecule has 3 nitrogen and oxygen atoms in total. The molecule has 2 heterocycles. The molecule has 3 rings (SSSR count). The van der Waals surface area contributed by atoms with Crippen molar-refractivity contribution in [2.45, 2.75) is 12.5 Å². The average molecular weight is 305 g/mol. The third-order valence-electron chi connectivity index (χ3n) is 3.00. The Labute approximate surface area is 114 Å². The molecule has 92 valence electrons. The lowest BCUT2D eigenvalue weighted by molar-refractivity contribution is 0.274. The molecule has 0 saturated carbocycles. The van der Waals surface area contributed by atoms with Gasteiger partial charge in [0.15, 0.2) is 0 Å². The van der Waals surface area contributed by atoms with E-state index in [0.717, 1.165) is 29.2 Å². The summed E-state index contributed by atoms with van der Waals surface area (Å²) in [5, 5.41) is 3.46. The van der Waals surface area contributed by atoms with Gasteiger partial charge in [-0.1, -0.05) is 24.3 Å². The number of hydrogen-bond acceptors (Lipinski definition) is 3. The van der Waals surface area contributed by atoms with E-state index in [1.165, 1.54) is 5.56 Å². The monoisotopic (exact) mass is 304 g/mol. The number of fused-ring (bicyclic) bond motifs is 1. The third-order valence-corrected chi connectivity index (χ3v) is 3.44. The Bertz CT molecular complexity index is 559. The van der Waals surface area contributed by atoms with Crippen LogP contribution in [0.1, 0.15) is 18.0 Å². The predicted octanol–water partition coefficient (Wildman–Crippen LogP) is 3.78. The molecular formula is C14H13BrN2O. The van der Waals surface area contributed by atoms with E-state index in [2.05, 4.69) is 32.3 Å². The topological polar surface area (TPSA) is 34.1 Å². The molecule has 1 aliphatic heterocycles. The normalized spacial score (nSPS) is 17.7. The second kappa shape index (κ2) is 4.98. The lowest BCUT2D eigenvalue weighted by atomic mass is 10.0. The highest BCUT2D eigenvalue weighted by atomic mass is 79.9. The zero-order valence-corrected chi connectivity index (χ0v) is 11.4. The molecule has 18 heavy (non-hydrogen) atoms.